The highest BCUT2D eigenvalue weighted by molar-refractivity contribution is 5.47. The Morgan fingerprint density at radius 3 is 2.66 bits per heavy atom. The van der Waals surface area contributed by atoms with Crippen molar-refractivity contribution in [2.45, 2.75) is 18.8 Å². The smallest absolute Gasteiger partial charge is 0.123 e. The average Bonchev–Trinajstić information content (AvgIpc) is 3.35. The Morgan fingerprint density at radius 2 is 1.83 bits per heavy atom. The Bertz CT molecular complexity index is 1210. The van der Waals surface area contributed by atoms with Crippen LogP contribution in [0.2, 0.25) is 0 Å². The maximum Gasteiger partial charge on any atom is 0.123 e. The molecule has 2 N–H and O–H groups in total. The summed E-state index contributed by atoms with van der Waals surface area (Å²) in [6.45, 7) is 0. The normalized spacial score (nSPS) is 14.8. The summed E-state index contributed by atoms with van der Waals surface area (Å²) in [6, 6.07) is 16.2. The van der Waals surface area contributed by atoms with Crippen molar-refractivity contribution >= 4 is 5.82 Å². The molecular formula is C24H19N5. The molecule has 1 atom stereocenters. The lowest BCUT2D eigenvalue weighted by molar-refractivity contribution is 0.725. The quantitative estimate of drug-likeness (QED) is 0.541. The molecule has 0 saturated heterocycles. The lowest BCUT2D eigenvalue weighted by atomic mass is 9.97. The van der Waals surface area contributed by atoms with Crippen LogP contribution in [0.3, 0.4) is 0 Å². The minimum atomic E-state index is 0.362. The van der Waals surface area contributed by atoms with E-state index in [1.54, 1.807) is 18.5 Å². The number of aryl methyl sites for hydroxylation is 1. The van der Waals surface area contributed by atoms with Crippen LogP contribution >= 0.6 is 0 Å². The van der Waals surface area contributed by atoms with Gasteiger partial charge in [-0.2, -0.15) is 5.10 Å². The number of anilines is 1. The van der Waals surface area contributed by atoms with Gasteiger partial charge in [-0.25, -0.2) is 9.67 Å². The summed E-state index contributed by atoms with van der Waals surface area (Å²) in [5.74, 6) is 7.09. The van der Waals surface area contributed by atoms with Gasteiger partial charge in [0.15, 0.2) is 0 Å². The van der Waals surface area contributed by atoms with E-state index in [0.717, 1.165) is 29.7 Å². The van der Waals surface area contributed by atoms with E-state index in [9.17, 15) is 0 Å². The third-order valence-corrected chi connectivity index (χ3v) is 5.18. The molecule has 29 heavy (non-hydrogen) atoms. The van der Waals surface area contributed by atoms with Crippen LogP contribution in [0, 0.1) is 11.8 Å². The van der Waals surface area contributed by atoms with Gasteiger partial charge in [0.2, 0.25) is 0 Å². The summed E-state index contributed by atoms with van der Waals surface area (Å²) in [7, 11) is 0. The Balaban J connectivity index is 1.43. The number of nitrogens with two attached hydrogens (primary N) is 1. The van der Waals surface area contributed by atoms with Crippen LogP contribution in [-0.2, 0) is 6.42 Å². The summed E-state index contributed by atoms with van der Waals surface area (Å²) < 4.78 is 1.92. The number of fused-ring (bicyclic) bond motifs is 1. The van der Waals surface area contributed by atoms with Gasteiger partial charge in [-0.3, -0.25) is 4.98 Å². The molecule has 5 heteroatoms. The molecule has 0 aliphatic heterocycles. The SMILES string of the molecule is Nc1ccc(C#Cc2cncc(-n3cc4c(n3)C(c3ccccc3)CC4)c2)cn1. The Labute approximate surface area is 169 Å². The predicted octanol–water partition coefficient (Wildman–Crippen LogP) is 3.72. The number of hydrogen-bond donors (Lipinski definition) is 1. The van der Waals surface area contributed by atoms with E-state index in [-0.39, 0.29) is 0 Å². The van der Waals surface area contributed by atoms with E-state index in [0.29, 0.717) is 11.7 Å². The summed E-state index contributed by atoms with van der Waals surface area (Å²) >= 11 is 0. The molecule has 0 amide bonds. The van der Waals surface area contributed by atoms with E-state index in [4.69, 9.17) is 10.8 Å². The third kappa shape index (κ3) is 3.48. The highest BCUT2D eigenvalue weighted by atomic mass is 15.3. The van der Waals surface area contributed by atoms with E-state index >= 15 is 0 Å². The number of benzene rings is 1. The van der Waals surface area contributed by atoms with Crippen molar-refractivity contribution in [3.05, 3.63) is 101 Å². The van der Waals surface area contributed by atoms with Gasteiger partial charge in [-0.1, -0.05) is 42.2 Å². The minimum Gasteiger partial charge on any atom is -0.384 e. The molecule has 5 nitrogen and oxygen atoms in total. The summed E-state index contributed by atoms with van der Waals surface area (Å²) in [6.07, 6.45) is 9.52. The molecule has 5 rings (SSSR count). The Kier molecular flexibility index (Phi) is 4.30. The van der Waals surface area contributed by atoms with Gasteiger partial charge >= 0.3 is 0 Å². The molecule has 0 fully saturated rings. The summed E-state index contributed by atoms with van der Waals surface area (Å²) in [5.41, 5.74) is 12.0. The number of nitrogens with zero attached hydrogens (tertiary/aromatic N) is 4. The van der Waals surface area contributed by atoms with Crippen LogP contribution in [0.4, 0.5) is 5.82 Å². The number of rotatable bonds is 2. The fourth-order valence-electron chi connectivity index (χ4n) is 3.73. The molecule has 1 aliphatic rings. The molecule has 3 heterocycles. The second-order valence-electron chi connectivity index (χ2n) is 7.14. The molecule has 1 aromatic carbocycles. The number of aromatic nitrogens is 4. The number of hydrogen-bond acceptors (Lipinski definition) is 4. The highest BCUT2D eigenvalue weighted by Gasteiger charge is 2.27. The lowest BCUT2D eigenvalue weighted by Gasteiger charge is -2.09. The van der Waals surface area contributed by atoms with Gasteiger partial charge < -0.3 is 5.73 Å². The molecule has 1 aliphatic carbocycles. The summed E-state index contributed by atoms with van der Waals surface area (Å²) in [5, 5.41) is 4.89. The standard InChI is InChI=1S/C24H19N5/c25-23-11-8-17(14-27-23)6-7-18-12-21(15-26-13-18)29-16-20-9-10-22(24(20)28-29)19-4-2-1-3-5-19/h1-5,8,11-16,22H,9-10H2,(H2,25,27). The second kappa shape index (κ2) is 7.25. The number of pyridine rings is 2. The summed E-state index contributed by atoms with van der Waals surface area (Å²) in [4.78, 5) is 8.41. The van der Waals surface area contributed by atoms with Crippen molar-refractivity contribution in [1.82, 2.24) is 19.7 Å². The first kappa shape index (κ1) is 17.2. The van der Waals surface area contributed by atoms with Gasteiger partial charge in [0.25, 0.3) is 0 Å². The molecule has 3 aromatic heterocycles. The topological polar surface area (TPSA) is 69.6 Å². The molecule has 4 aromatic rings. The maximum absolute atomic E-state index is 5.62. The van der Waals surface area contributed by atoms with Crippen LogP contribution < -0.4 is 5.73 Å². The van der Waals surface area contributed by atoms with Crippen LogP contribution in [0.1, 0.15) is 40.3 Å². The zero-order chi connectivity index (χ0) is 19.6. The van der Waals surface area contributed by atoms with Crippen molar-refractivity contribution < 1.29 is 0 Å². The first-order valence-electron chi connectivity index (χ1n) is 9.58. The van der Waals surface area contributed by atoms with Crippen molar-refractivity contribution in [2.75, 3.05) is 5.73 Å². The van der Waals surface area contributed by atoms with Gasteiger partial charge in [0.05, 0.1) is 17.6 Å². The Morgan fingerprint density at radius 1 is 0.966 bits per heavy atom. The van der Waals surface area contributed by atoms with Crippen molar-refractivity contribution in [2.24, 2.45) is 0 Å². The van der Waals surface area contributed by atoms with E-state index in [1.807, 2.05) is 23.0 Å². The van der Waals surface area contributed by atoms with Crippen LogP contribution in [0.15, 0.2) is 73.3 Å². The largest absolute Gasteiger partial charge is 0.384 e. The predicted molar refractivity (Wildman–Crippen MR) is 113 cm³/mol. The molecule has 0 radical (unpaired) electrons. The molecule has 140 valence electrons. The van der Waals surface area contributed by atoms with Crippen LogP contribution in [-0.4, -0.2) is 19.7 Å². The van der Waals surface area contributed by atoms with Gasteiger partial charge in [0, 0.05) is 35.6 Å². The van der Waals surface area contributed by atoms with Crippen LogP contribution in [0.25, 0.3) is 5.69 Å². The third-order valence-electron chi connectivity index (χ3n) is 5.18. The van der Waals surface area contributed by atoms with Gasteiger partial charge in [-0.05, 0) is 42.2 Å². The fraction of sp³-hybridized carbons (Fsp3) is 0.125. The average molecular weight is 377 g/mol. The zero-order valence-electron chi connectivity index (χ0n) is 15.8. The van der Waals surface area contributed by atoms with E-state index in [2.05, 4.69) is 58.3 Å². The highest BCUT2D eigenvalue weighted by Crippen LogP contribution is 2.37. The monoisotopic (exact) mass is 377 g/mol. The van der Waals surface area contributed by atoms with Crippen molar-refractivity contribution in [3.63, 3.8) is 0 Å². The van der Waals surface area contributed by atoms with E-state index in [1.165, 1.54) is 16.8 Å². The molecule has 0 spiro atoms. The first-order valence-corrected chi connectivity index (χ1v) is 9.58. The minimum absolute atomic E-state index is 0.362. The van der Waals surface area contributed by atoms with Gasteiger partial charge in [-0.15, -0.1) is 0 Å². The van der Waals surface area contributed by atoms with E-state index < -0.39 is 0 Å². The van der Waals surface area contributed by atoms with Gasteiger partial charge in [0.1, 0.15) is 5.82 Å². The first-order chi connectivity index (χ1) is 14.3. The lowest BCUT2D eigenvalue weighted by Crippen LogP contribution is -2.02. The fourth-order valence-corrected chi connectivity index (χ4v) is 3.73. The number of nitrogen functional groups attached to an aromatic ring is 1. The molecular weight excluding hydrogens is 358 g/mol. The second-order valence-corrected chi connectivity index (χ2v) is 7.14. The van der Waals surface area contributed by atoms with Crippen LogP contribution in [0.5, 0.6) is 0 Å². The Hall–Kier alpha value is -3.91. The molecule has 0 saturated carbocycles. The molecule has 1 unspecified atom stereocenters. The van der Waals surface area contributed by atoms with Crippen molar-refractivity contribution in [1.29, 1.82) is 0 Å². The van der Waals surface area contributed by atoms with Crippen molar-refractivity contribution in [3.8, 4) is 17.5 Å². The molecule has 0 bridgehead atoms. The maximum atomic E-state index is 5.62. The zero-order valence-corrected chi connectivity index (χ0v) is 15.8.